The Kier molecular flexibility index (Phi) is 5.75. The van der Waals surface area contributed by atoms with Crippen LogP contribution >= 0.6 is 0 Å². The molecule has 1 aromatic rings. The number of alkyl halides is 3. The minimum Gasteiger partial charge on any atom is -0.393 e. The van der Waals surface area contributed by atoms with E-state index in [0.29, 0.717) is 19.0 Å². The van der Waals surface area contributed by atoms with Crippen molar-refractivity contribution in [3.8, 4) is 0 Å². The lowest BCUT2D eigenvalue weighted by atomic mass is 9.87. The highest BCUT2D eigenvalue weighted by Crippen LogP contribution is 2.30. The summed E-state index contributed by atoms with van der Waals surface area (Å²) in [6, 6.07) is 2.52. The molecule has 0 fully saturated rings. The summed E-state index contributed by atoms with van der Waals surface area (Å²) in [6.07, 6.45) is -4.44. The zero-order valence-corrected chi connectivity index (χ0v) is 12.4. The van der Waals surface area contributed by atoms with Crippen LogP contribution < -0.4 is 5.32 Å². The Morgan fingerprint density at radius 1 is 1.19 bits per heavy atom. The Morgan fingerprint density at radius 2 is 1.81 bits per heavy atom. The van der Waals surface area contributed by atoms with Crippen molar-refractivity contribution in [2.45, 2.75) is 46.0 Å². The molecule has 2 N–H and O–H groups in total. The number of rotatable bonds is 6. The van der Waals surface area contributed by atoms with Crippen molar-refractivity contribution in [3.05, 3.63) is 35.1 Å². The van der Waals surface area contributed by atoms with Crippen molar-refractivity contribution in [3.63, 3.8) is 0 Å². The zero-order valence-electron chi connectivity index (χ0n) is 12.4. The molecule has 120 valence electrons. The molecular weight excluding hydrogens is 286 g/mol. The second-order valence-corrected chi connectivity index (χ2v) is 6.17. The predicted octanol–water partition coefficient (Wildman–Crippen LogP) is 3.73. The molecule has 0 aliphatic rings. The molecule has 6 heteroatoms. The molecule has 0 saturated carbocycles. The second-order valence-electron chi connectivity index (χ2n) is 6.17. The molecule has 0 spiro atoms. The van der Waals surface area contributed by atoms with Gasteiger partial charge in [0, 0.05) is 13.1 Å². The first-order valence-electron chi connectivity index (χ1n) is 6.75. The van der Waals surface area contributed by atoms with Gasteiger partial charge >= 0.3 is 6.18 Å². The number of nitrogens with one attached hydrogen (secondary N) is 1. The topological polar surface area (TPSA) is 32.3 Å². The van der Waals surface area contributed by atoms with Crippen LogP contribution in [0.1, 0.15) is 38.3 Å². The van der Waals surface area contributed by atoms with Crippen LogP contribution in [0, 0.1) is 11.2 Å². The van der Waals surface area contributed by atoms with Crippen molar-refractivity contribution in [1.82, 2.24) is 5.32 Å². The summed E-state index contributed by atoms with van der Waals surface area (Å²) >= 11 is 0. The normalized spacial score (nSPS) is 14.3. The van der Waals surface area contributed by atoms with Gasteiger partial charge in [-0.1, -0.05) is 13.8 Å². The zero-order chi connectivity index (χ0) is 16.3. The van der Waals surface area contributed by atoms with E-state index >= 15 is 0 Å². The van der Waals surface area contributed by atoms with E-state index in [1.165, 1.54) is 0 Å². The van der Waals surface area contributed by atoms with Crippen LogP contribution in [0.2, 0.25) is 0 Å². The Bertz CT molecular complexity index is 469. The van der Waals surface area contributed by atoms with E-state index in [9.17, 15) is 22.7 Å². The van der Waals surface area contributed by atoms with E-state index in [1.54, 1.807) is 6.92 Å². The highest BCUT2D eigenvalue weighted by atomic mass is 19.4. The number of hydrogen-bond acceptors (Lipinski definition) is 2. The van der Waals surface area contributed by atoms with Gasteiger partial charge in [-0.25, -0.2) is 4.39 Å². The lowest BCUT2D eigenvalue weighted by Gasteiger charge is -2.26. The van der Waals surface area contributed by atoms with Crippen molar-refractivity contribution in [1.29, 1.82) is 0 Å². The third kappa shape index (κ3) is 6.44. The fourth-order valence-corrected chi connectivity index (χ4v) is 2.33. The van der Waals surface area contributed by atoms with Crippen LogP contribution in [0.25, 0.3) is 0 Å². The largest absolute Gasteiger partial charge is 0.416 e. The summed E-state index contributed by atoms with van der Waals surface area (Å²) in [6.45, 7) is 6.22. The third-order valence-electron chi connectivity index (χ3n) is 3.07. The maximum Gasteiger partial charge on any atom is 0.416 e. The Balaban J connectivity index is 2.66. The van der Waals surface area contributed by atoms with Gasteiger partial charge in [0.05, 0.1) is 11.7 Å². The Morgan fingerprint density at radius 3 is 2.33 bits per heavy atom. The summed E-state index contributed by atoms with van der Waals surface area (Å²) in [5, 5.41) is 12.4. The molecule has 1 atom stereocenters. The molecule has 0 amide bonds. The summed E-state index contributed by atoms with van der Waals surface area (Å²) in [4.78, 5) is 0. The summed E-state index contributed by atoms with van der Waals surface area (Å²) < 4.78 is 51.0. The molecule has 1 unspecified atom stereocenters. The highest BCUT2D eigenvalue weighted by Gasteiger charge is 2.31. The average molecular weight is 307 g/mol. The van der Waals surface area contributed by atoms with E-state index in [0.717, 1.165) is 12.1 Å². The number of halogens is 4. The lowest BCUT2D eigenvalue weighted by Crippen LogP contribution is -2.31. The Hall–Kier alpha value is -1.14. The number of hydrogen-bond donors (Lipinski definition) is 2. The molecule has 0 bridgehead atoms. The molecule has 2 nitrogen and oxygen atoms in total. The fraction of sp³-hybridized carbons (Fsp3) is 0.600. The summed E-state index contributed by atoms with van der Waals surface area (Å²) in [7, 11) is 0. The van der Waals surface area contributed by atoms with Crippen LogP contribution in [-0.2, 0) is 12.7 Å². The minimum atomic E-state index is -4.55. The van der Waals surface area contributed by atoms with E-state index < -0.39 is 23.7 Å². The monoisotopic (exact) mass is 307 g/mol. The van der Waals surface area contributed by atoms with Crippen LogP contribution in [0.15, 0.2) is 18.2 Å². The molecule has 0 heterocycles. The quantitative estimate of drug-likeness (QED) is 0.785. The summed E-state index contributed by atoms with van der Waals surface area (Å²) in [5.74, 6) is -0.898. The van der Waals surface area contributed by atoms with Crippen LogP contribution in [0.5, 0.6) is 0 Å². The van der Waals surface area contributed by atoms with E-state index in [-0.39, 0.29) is 17.5 Å². The predicted molar refractivity (Wildman–Crippen MR) is 73.2 cm³/mol. The molecule has 0 aliphatic heterocycles. The minimum absolute atomic E-state index is 0.143. The van der Waals surface area contributed by atoms with E-state index in [4.69, 9.17) is 0 Å². The first kappa shape index (κ1) is 17.9. The molecule has 1 aromatic carbocycles. The summed E-state index contributed by atoms with van der Waals surface area (Å²) in [5.41, 5.74) is -0.938. The van der Waals surface area contributed by atoms with E-state index in [2.05, 4.69) is 5.32 Å². The van der Waals surface area contributed by atoms with Gasteiger partial charge in [0.2, 0.25) is 0 Å². The van der Waals surface area contributed by atoms with Crippen LogP contribution in [0.4, 0.5) is 17.6 Å². The smallest absolute Gasteiger partial charge is 0.393 e. The number of aliphatic hydroxyl groups excluding tert-OH is 1. The van der Waals surface area contributed by atoms with Crippen molar-refractivity contribution >= 4 is 0 Å². The molecule has 0 radical (unpaired) electrons. The third-order valence-corrected chi connectivity index (χ3v) is 3.07. The lowest BCUT2D eigenvalue weighted by molar-refractivity contribution is -0.137. The van der Waals surface area contributed by atoms with Crippen LogP contribution in [-0.4, -0.2) is 17.8 Å². The number of aliphatic hydroxyl groups is 1. The van der Waals surface area contributed by atoms with Gasteiger partial charge in [-0.15, -0.1) is 0 Å². The molecule has 21 heavy (non-hydrogen) atoms. The maximum atomic E-state index is 13.2. The highest BCUT2D eigenvalue weighted by molar-refractivity contribution is 5.26. The van der Waals surface area contributed by atoms with Gasteiger partial charge in [-0.2, -0.15) is 13.2 Å². The first-order valence-corrected chi connectivity index (χ1v) is 6.75. The average Bonchev–Trinajstić information content (AvgIpc) is 2.24. The SMILES string of the molecule is CC(O)CC(C)(C)CNCc1cc(F)cc(C(F)(F)F)c1. The van der Waals surface area contributed by atoms with Gasteiger partial charge in [-0.3, -0.25) is 0 Å². The second kappa shape index (κ2) is 6.75. The maximum absolute atomic E-state index is 13.2. The Labute approximate surface area is 122 Å². The molecule has 0 aromatic heterocycles. The standard InChI is InChI=1S/C15H21F4NO/c1-10(21)7-14(2,3)9-20-8-11-4-12(15(17,18)19)6-13(16)5-11/h4-6,10,20-21H,7-9H2,1-3H3. The van der Waals surface area contributed by atoms with Gasteiger partial charge in [0.25, 0.3) is 0 Å². The van der Waals surface area contributed by atoms with Gasteiger partial charge in [-0.05, 0) is 42.5 Å². The number of benzene rings is 1. The molecule has 0 aliphatic carbocycles. The van der Waals surface area contributed by atoms with Crippen molar-refractivity contribution in [2.24, 2.45) is 5.41 Å². The molecular formula is C15H21F4NO. The van der Waals surface area contributed by atoms with Crippen molar-refractivity contribution in [2.75, 3.05) is 6.54 Å². The van der Waals surface area contributed by atoms with Crippen molar-refractivity contribution < 1.29 is 22.7 Å². The molecule has 0 saturated heterocycles. The first-order chi connectivity index (χ1) is 9.49. The molecule has 1 rings (SSSR count). The van der Waals surface area contributed by atoms with Gasteiger partial charge < -0.3 is 10.4 Å². The van der Waals surface area contributed by atoms with Gasteiger partial charge in [0.15, 0.2) is 0 Å². The van der Waals surface area contributed by atoms with Gasteiger partial charge in [0.1, 0.15) is 5.82 Å². The van der Waals surface area contributed by atoms with E-state index in [1.807, 2.05) is 13.8 Å². The van der Waals surface area contributed by atoms with Crippen LogP contribution in [0.3, 0.4) is 0 Å². The fourth-order valence-electron chi connectivity index (χ4n) is 2.33.